The van der Waals surface area contributed by atoms with Gasteiger partial charge in [-0.3, -0.25) is 9.79 Å². The second kappa shape index (κ2) is 7.30. The smallest absolute Gasteiger partial charge is 0.394 e. The van der Waals surface area contributed by atoms with Crippen LogP contribution in [0.15, 0.2) is 35.6 Å². The first kappa shape index (κ1) is 20.5. The summed E-state index contributed by atoms with van der Waals surface area (Å²) in [5.74, 6) is -3.55. The van der Waals surface area contributed by atoms with Crippen molar-refractivity contribution in [2.45, 2.75) is 25.1 Å². The van der Waals surface area contributed by atoms with Gasteiger partial charge in [-0.2, -0.15) is 13.2 Å². The highest BCUT2D eigenvalue weighted by atomic mass is 19.4. The first-order chi connectivity index (χ1) is 13.5. The standard InChI is InChI=1S/C18H17F4N5O2/c1-17(13(18(20,21)22)6-14(23)27-17)10-5-9(3-4-11(10)19)26-16(28)12-7-25-15(29-2)8-24-12/h3-5,7-8,13H,6H2,1-2H3,(H2,23,27)(H,26,28)/t13-,17-/m1/s1. The number of rotatable bonds is 4. The summed E-state index contributed by atoms with van der Waals surface area (Å²) in [6.07, 6.45) is -2.77. The van der Waals surface area contributed by atoms with Crippen LogP contribution < -0.4 is 15.8 Å². The van der Waals surface area contributed by atoms with Crippen molar-refractivity contribution in [1.82, 2.24) is 9.97 Å². The molecular formula is C18H17F4N5O2. The predicted octanol–water partition coefficient (Wildman–Crippen LogP) is 3.03. The Kier molecular flexibility index (Phi) is 5.16. The van der Waals surface area contributed by atoms with Crippen molar-refractivity contribution in [2.75, 3.05) is 12.4 Å². The minimum absolute atomic E-state index is 0.0563. The highest BCUT2D eigenvalue weighted by molar-refractivity contribution is 6.02. The molecule has 1 aromatic carbocycles. The molecule has 0 radical (unpaired) electrons. The van der Waals surface area contributed by atoms with E-state index in [-0.39, 0.29) is 28.7 Å². The van der Waals surface area contributed by atoms with Crippen LogP contribution >= 0.6 is 0 Å². The van der Waals surface area contributed by atoms with Crippen molar-refractivity contribution in [1.29, 1.82) is 0 Å². The number of aromatic nitrogens is 2. The number of ether oxygens (including phenoxy) is 1. The van der Waals surface area contributed by atoms with E-state index in [9.17, 15) is 22.4 Å². The third-order valence-electron chi connectivity index (χ3n) is 4.70. The largest absolute Gasteiger partial charge is 0.480 e. The summed E-state index contributed by atoms with van der Waals surface area (Å²) in [4.78, 5) is 23.9. The van der Waals surface area contributed by atoms with Gasteiger partial charge < -0.3 is 15.8 Å². The highest BCUT2D eigenvalue weighted by Crippen LogP contribution is 2.49. The zero-order valence-corrected chi connectivity index (χ0v) is 15.4. The van der Waals surface area contributed by atoms with Gasteiger partial charge in [0.05, 0.1) is 36.8 Å². The van der Waals surface area contributed by atoms with Crippen LogP contribution in [-0.2, 0) is 5.54 Å². The number of nitrogens with one attached hydrogen (secondary N) is 1. The van der Waals surface area contributed by atoms with Gasteiger partial charge in [-0.25, -0.2) is 14.4 Å². The molecule has 1 aliphatic rings. The maximum Gasteiger partial charge on any atom is 0.394 e. The molecule has 1 amide bonds. The molecule has 0 fully saturated rings. The average molecular weight is 411 g/mol. The number of alkyl halides is 3. The molecule has 2 heterocycles. The number of methoxy groups -OCH3 is 1. The van der Waals surface area contributed by atoms with Crippen LogP contribution in [0.3, 0.4) is 0 Å². The van der Waals surface area contributed by atoms with E-state index in [4.69, 9.17) is 10.5 Å². The van der Waals surface area contributed by atoms with Gasteiger partial charge in [-0.15, -0.1) is 0 Å². The summed E-state index contributed by atoms with van der Waals surface area (Å²) in [6, 6.07) is 3.31. The van der Waals surface area contributed by atoms with Gasteiger partial charge in [0.25, 0.3) is 5.91 Å². The van der Waals surface area contributed by atoms with Crippen LogP contribution in [0.1, 0.15) is 29.4 Å². The minimum Gasteiger partial charge on any atom is -0.480 e. The Hall–Kier alpha value is -3.24. The first-order valence-corrected chi connectivity index (χ1v) is 8.43. The molecule has 0 unspecified atom stereocenters. The number of carbonyl (C=O) groups excluding carboxylic acids is 1. The summed E-state index contributed by atoms with van der Waals surface area (Å²) in [7, 11) is 1.39. The van der Waals surface area contributed by atoms with Crippen LogP contribution in [0.5, 0.6) is 5.88 Å². The lowest BCUT2D eigenvalue weighted by Gasteiger charge is -2.31. The van der Waals surface area contributed by atoms with Crippen LogP contribution in [0, 0.1) is 11.7 Å². The van der Waals surface area contributed by atoms with Gasteiger partial charge >= 0.3 is 6.18 Å². The lowest BCUT2D eigenvalue weighted by molar-refractivity contribution is -0.187. The predicted molar refractivity (Wildman–Crippen MR) is 96.1 cm³/mol. The van der Waals surface area contributed by atoms with Crippen LogP contribution in [0.4, 0.5) is 23.2 Å². The fraction of sp³-hybridized carbons (Fsp3) is 0.333. The molecule has 0 bridgehead atoms. The number of anilines is 1. The third kappa shape index (κ3) is 3.98. The van der Waals surface area contributed by atoms with E-state index in [1.165, 1.54) is 32.5 Å². The van der Waals surface area contributed by atoms with Gasteiger partial charge in [0.1, 0.15) is 11.5 Å². The Bertz CT molecular complexity index is 962. The van der Waals surface area contributed by atoms with Crippen molar-refractivity contribution < 1.29 is 27.1 Å². The second-order valence-electron chi connectivity index (χ2n) is 6.64. The van der Waals surface area contributed by atoms with Gasteiger partial charge in [0.2, 0.25) is 5.88 Å². The molecule has 3 N–H and O–H groups in total. The Morgan fingerprint density at radius 3 is 2.62 bits per heavy atom. The van der Waals surface area contributed by atoms with Crippen LogP contribution in [0.25, 0.3) is 0 Å². The molecule has 1 aromatic heterocycles. The molecule has 0 saturated carbocycles. The number of nitrogens with two attached hydrogens (primary N) is 1. The average Bonchev–Trinajstić information content (AvgIpc) is 2.99. The summed E-state index contributed by atoms with van der Waals surface area (Å²) < 4.78 is 59.8. The van der Waals surface area contributed by atoms with E-state index in [0.29, 0.717) is 0 Å². The van der Waals surface area contributed by atoms with E-state index in [2.05, 4.69) is 20.3 Å². The van der Waals surface area contributed by atoms with Crippen LogP contribution in [0.2, 0.25) is 0 Å². The molecule has 29 heavy (non-hydrogen) atoms. The Morgan fingerprint density at radius 2 is 2.03 bits per heavy atom. The molecule has 7 nitrogen and oxygen atoms in total. The van der Waals surface area contributed by atoms with Gasteiger partial charge in [-0.1, -0.05) is 0 Å². The fourth-order valence-electron chi connectivity index (χ4n) is 3.24. The number of amidine groups is 1. The van der Waals surface area contributed by atoms with Gasteiger partial charge in [-0.05, 0) is 25.1 Å². The molecular weight excluding hydrogens is 394 g/mol. The number of hydrogen-bond donors (Lipinski definition) is 2. The molecule has 0 saturated heterocycles. The number of nitrogens with zero attached hydrogens (tertiary/aromatic N) is 3. The van der Waals surface area contributed by atoms with Crippen molar-refractivity contribution in [2.24, 2.45) is 16.6 Å². The number of hydrogen-bond acceptors (Lipinski definition) is 6. The SMILES string of the molecule is COc1cnc(C(=O)Nc2ccc(F)c([C@@]3(C)N=C(N)C[C@H]3C(F)(F)F)c2)cn1. The zero-order chi connectivity index (χ0) is 21.4. The summed E-state index contributed by atoms with van der Waals surface area (Å²) in [6.45, 7) is 1.17. The molecule has 154 valence electrons. The van der Waals surface area contributed by atoms with Crippen LogP contribution in [-0.4, -0.2) is 35.0 Å². The molecule has 1 aliphatic heterocycles. The molecule has 11 heteroatoms. The number of amides is 1. The lowest BCUT2D eigenvalue weighted by Crippen LogP contribution is -2.38. The minimum atomic E-state index is -4.64. The summed E-state index contributed by atoms with van der Waals surface area (Å²) >= 11 is 0. The lowest BCUT2D eigenvalue weighted by atomic mass is 9.79. The monoisotopic (exact) mass is 411 g/mol. The van der Waals surface area contributed by atoms with Crippen molar-refractivity contribution in [3.05, 3.63) is 47.7 Å². The number of benzene rings is 1. The third-order valence-corrected chi connectivity index (χ3v) is 4.70. The van der Waals surface area contributed by atoms with E-state index in [1.807, 2.05) is 0 Å². The Labute approximate surface area is 163 Å². The van der Waals surface area contributed by atoms with E-state index in [1.54, 1.807) is 0 Å². The highest BCUT2D eigenvalue weighted by Gasteiger charge is 2.56. The van der Waals surface area contributed by atoms with Gasteiger partial charge in [0.15, 0.2) is 0 Å². The summed E-state index contributed by atoms with van der Waals surface area (Å²) in [5, 5.41) is 2.46. The maximum absolute atomic E-state index is 14.5. The molecule has 0 spiro atoms. The zero-order valence-electron chi connectivity index (χ0n) is 15.4. The second-order valence-corrected chi connectivity index (χ2v) is 6.64. The van der Waals surface area contributed by atoms with Crippen molar-refractivity contribution in [3.63, 3.8) is 0 Å². The van der Waals surface area contributed by atoms with E-state index >= 15 is 0 Å². The van der Waals surface area contributed by atoms with Crippen molar-refractivity contribution >= 4 is 17.4 Å². The van der Waals surface area contributed by atoms with E-state index in [0.717, 1.165) is 12.1 Å². The first-order valence-electron chi connectivity index (χ1n) is 8.43. The Morgan fingerprint density at radius 1 is 1.31 bits per heavy atom. The fourth-order valence-corrected chi connectivity index (χ4v) is 3.24. The Balaban J connectivity index is 1.92. The molecule has 0 aliphatic carbocycles. The molecule has 2 atom stereocenters. The number of carbonyl (C=O) groups is 1. The maximum atomic E-state index is 14.5. The molecule has 3 rings (SSSR count). The normalized spacial score (nSPS) is 21.6. The number of aliphatic imine (C=N–C) groups is 1. The quantitative estimate of drug-likeness (QED) is 0.753. The van der Waals surface area contributed by atoms with Crippen molar-refractivity contribution in [3.8, 4) is 5.88 Å². The topological polar surface area (TPSA) is 102 Å². The van der Waals surface area contributed by atoms with E-state index < -0.39 is 35.8 Å². The van der Waals surface area contributed by atoms with Gasteiger partial charge in [0, 0.05) is 17.7 Å². The summed E-state index contributed by atoms with van der Waals surface area (Å²) in [5.41, 5.74) is 3.28. The molecule has 2 aromatic rings. The number of halogens is 4.